The van der Waals surface area contributed by atoms with Crippen molar-refractivity contribution in [3.63, 3.8) is 0 Å². The monoisotopic (exact) mass is 429 g/mol. The molecule has 2 amide bonds. The molecule has 0 radical (unpaired) electrons. The van der Waals surface area contributed by atoms with Gasteiger partial charge in [0.15, 0.2) is 0 Å². The van der Waals surface area contributed by atoms with Crippen molar-refractivity contribution >= 4 is 23.2 Å². The zero-order chi connectivity index (χ0) is 22.8. The van der Waals surface area contributed by atoms with Gasteiger partial charge in [0, 0.05) is 30.3 Å². The maximum absolute atomic E-state index is 12.4. The number of carbonyl (C=O) groups excluding carboxylic acids is 2. The summed E-state index contributed by atoms with van der Waals surface area (Å²) in [4.78, 5) is 24.1. The van der Waals surface area contributed by atoms with Gasteiger partial charge in [-0.3, -0.25) is 9.59 Å². The van der Waals surface area contributed by atoms with Crippen LogP contribution in [-0.4, -0.2) is 24.9 Å². The molecule has 0 aliphatic heterocycles. The lowest BCUT2D eigenvalue weighted by atomic mass is 9.88. The molecule has 3 rings (SSSR count). The number of hydrogen-bond donors (Lipinski definition) is 3. The number of nitrogens with one attached hydrogen (secondary N) is 3. The van der Waals surface area contributed by atoms with Crippen molar-refractivity contribution in [3.8, 4) is 0 Å². The predicted octanol–water partition coefficient (Wildman–Crippen LogP) is 5.09. The third-order valence-corrected chi connectivity index (χ3v) is 5.44. The first kappa shape index (κ1) is 23.1. The minimum Gasteiger partial charge on any atom is -0.376 e. The third-order valence-electron chi connectivity index (χ3n) is 5.44. The van der Waals surface area contributed by atoms with Crippen LogP contribution >= 0.6 is 0 Å². The average Bonchev–Trinajstić information content (AvgIpc) is 2.83. The molecule has 0 aliphatic rings. The van der Waals surface area contributed by atoms with Gasteiger partial charge >= 0.3 is 0 Å². The highest BCUT2D eigenvalue weighted by molar-refractivity contribution is 5.91. The highest BCUT2D eigenvalue weighted by Crippen LogP contribution is 2.27. The second kappa shape index (κ2) is 11.7. The van der Waals surface area contributed by atoms with Crippen molar-refractivity contribution in [1.29, 1.82) is 0 Å². The largest absolute Gasteiger partial charge is 0.376 e. The molecule has 0 aromatic heterocycles. The van der Waals surface area contributed by atoms with Crippen LogP contribution in [0.2, 0.25) is 0 Å². The van der Waals surface area contributed by atoms with Gasteiger partial charge < -0.3 is 16.0 Å². The summed E-state index contributed by atoms with van der Waals surface area (Å²) in [7, 11) is 0. The summed E-state index contributed by atoms with van der Waals surface area (Å²) < 4.78 is 0. The van der Waals surface area contributed by atoms with Crippen LogP contribution in [0.4, 0.5) is 11.4 Å². The Morgan fingerprint density at radius 2 is 1.47 bits per heavy atom. The smallest absolute Gasteiger partial charge is 0.239 e. The van der Waals surface area contributed by atoms with Crippen molar-refractivity contribution in [2.75, 3.05) is 23.7 Å². The van der Waals surface area contributed by atoms with Gasteiger partial charge in [0.1, 0.15) is 0 Å². The zero-order valence-corrected chi connectivity index (χ0v) is 18.7. The molecule has 5 heteroatoms. The van der Waals surface area contributed by atoms with Crippen LogP contribution in [-0.2, 0) is 9.59 Å². The van der Waals surface area contributed by atoms with Gasteiger partial charge in [0.25, 0.3) is 0 Å². The second-order valence-electron chi connectivity index (χ2n) is 7.80. The summed E-state index contributed by atoms with van der Waals surface area (Å²) in [5, 5.41) is 9.05. The number of benzene rings is 3. The van der Waals surface area contributed by atoms with Crippen molar-refractivity contribution in [1.82, 2.24) is 5.32 Å². The minimum absolute atomic E-state index is 0.0380. The quantitative estimate of drug-likeness (QED) is 0.420. The van der Waals surface area contributed by atoms with E-state index in [1.165, 1.54) is 11.1 Å². The van der Waals surface area contributed by atoms with Gasteiger partial charge in [0.05, 0.1) is 6.54 Å². The molecule has 3 N–H and O–H groups in total. The van der Waals surface area contributed by atoms with E-state index in [0.29, 0.717) is 13.0 Å². The van der Waals surface area contributed by atoms with E-state index < -0.39 is 0 Å². The first-order valence-corrected chi connectivity index (χ1v) is 11.1. The average molecular weight is 430 g/mol. The number of aryl methyl sites for hydroxylation is 1. The molecule has 0 spiro atoms. The molecule has 0 bridgehead atoms. The summed E-state index contributed by atoms with van der Waals surface area (Å²) in [6.07, 6.45) is 1.24. The number of amides is 2. The van der Waals surface area contributed by atoms with Gasteiger partial charge in [0.2, 0.25) is 11.8 Å². The Bertz CT molecular complexity index is 980. The first-order chi connectivity index (χ1) is 15.6. The Balaban J connectivity index is 1.54. The van der Waals surface area contributed by atoms with E-state index in [9.17, 15) is 9.59 Å². The fourth-order valence-electron chi connectivity index (χ4n) is 3.63. The molecule has 0 heterocycles. The van der Waals surface area contributed by atoms with E-state index in [1.54, 1.807) is 0 Å². The number of hydrogen-bond acceptors (Lipinski definition) is 3. The van der Waals surface area contributed by atoms with Crippen LogP contribution in [0.5, 0.6) is 0 Å². The molecule has 0 saturated carbocycles. The van der Waals surface area contributed by atoms with Gasteiger partial charge in [-0.1, -0.05) is 73.7 Å². The summed E-state index contributed by atoms with van der Waals surface area (Å²) in [5.74, 6) is 0.128. The molecule has 5 nitrogen and oxygen atoms in total. The highest BCUT2D eigenvalue weighted by Gasteiger charge is 2.14. The van der Waals surface area contributed by atoms with E-state index in [4.69, 9.17) is 0 Å². The normalized spacial score (nSPS) is 10.6. The Labute approximate surface area is 190 Å². The summed E-state index contributed by atoms with van der Waals surface area (Å²) in [5.41, 5.74) is 5.06. The summed E-state index contributed by atoms with van der Waals surface area (Å²) in [6.45, 7) is 4.54. The number of anilines is 2. The maximum Gasteiger partial charge on any atom is 0.239 e. The Hall–Kier alpha value is -3.60. The molecule has 0 atom stereocenters. The lowest BCUT2D eigenvalue weighted by molar-refractivity contribution is -0.119. The summed E-state index contributed by atoms with van der Waals surface area (Å²) >= 11 is 0. The van der Waals surface area contributed by atoms with Crippen molar-refractivity contribution in [2.24, 2.45) is 0 Å². The fraction of sp³-hybridized carbons (Fsp3) is 0.259. The molecular formula is C27H31N3O2. The first-order valence-electron chi connectivity index (χ1n) is 11.1. The Kier molecular flexibility index (Phi) is 8.44. The van der Waals surface area contributed by atoms with E-state index in [2.05, 4.69) is 40.2 Å². The topological polar surface area (TPSA) is 70.2 Å². The third kappa shape index (κ3) is 6.71. The Morgan fingerprint density at radius 1 is 0.844 bits per heavy atom. The van der Waals surface area contributed by atoms with Gasteiger partial charge in [-0.25, -0.2) is 0 Å². The Morgan fingerprint density at radius 3 is 2.06 bits per heavy atom. The predicted molar refractivity (Wildman–Crippen MR) is 131 cm³/mol. The van der Waals surface area contributed by atoms with Gasteiger partial charge in [-0.05, 0) is 42.2 Å². The van der Waals surface area contributed by atoms with E-state index in [0.717, 1.165) is 23.4 Å². The molecule has 0 aliphatic carbocycles. The maximum atomic E-state index is 12.4. The van der Waals surface area contributed by atoms with Crippen LogP contribution in [0.3, 0.4) is 0 Å². The zero-order valence-electron chi connectivity index (χ0n) is 18.7. The lowest BCUT2D eigenvalue weighted by Crippen LogP contribution is -2.31. The van der Waals surface area contributed by atoms with Crippen LogP contribution in [0, 0.1) is 6.92 Å². The summed E-state index contributed by atoms with van der Waals surface area (Å²) in [6, 6.07) is 26.4. The molecule has 3 aromatic carbocycles. The molecule has 0 fully saturated rings. The standard InChI is InChI=1S/C27H31N3O2/c1-3-26(31)30-23-15-14-20(2)25(18-23)29-19-27(32)28-17-16-24(21-10-6-4-7-11-21)22-12-8-5-9-13-22/h4-15,18,24,29H,3,16-17,19H2,1-2H3,(H,28,32)(H,30,31). The molecular weight excluding hydrogens is 398 g/mol. The highest BCUT2D eigenvalue weighted by atomic mass is 16.2. The van der Waals surface area contributed by atoms with E-state index >= 15 is 0 Å². The van der Waals surface area contributed by atoms with Crippen LogP contribution in [0.15, 0.2) is 78.9 Å². The molecule has 0 unspecified atom stereocenters. The molecule has 0 saturated heterocycles. The van der Waals surface area contributed by atoms with Crippen molar-refractivity contribution in [2.45, 2.75) is 32.6 Å². The van der Waals surface area contributed by atoms with Crippen molar-refractivity contribution < 1.29 is 9.59 Å². The SMILES string of the molecule is CCC(=O)Nc1ccc(C)c(NCC(=O)NCCC(c2ccccc2)c2ccccc2)c1. The molecule has 166 valence electrons. The van der Waals surface area contributed by atoms with Crippen LogP contribution < -0.4 is 16.0 Å². The van der Waals surface area contributed by atoms with Gasteiger partial charge in [-0.2, -0.15) is 0 Å². The number of rotatable bonds is 10. The second-order valence-corrected chi connectivity index (χ2v) is 7.80. The van der Waals surface area contributed by atoms with Crippen molar-refractivity contribution in [3.05, 3.63) is 95.6 Å². The van der Waals surface area contributed by atoms with Crippen LogP contribution in [0.25, 0.3) is 0 Å². The van der Waals surface area contributed by atoms with Gasteiger partial charge in [-0.15, -0.1) is 0 Å². The fourth-order valence-corrected chi connectivity index (χ4v) is 3.63. The van der Waals surface area contributed by atoms with E-state index in [-0.39, 0.29) is 24.3 Å². The lowest BCUT2D eigenvalue weighted by Gasteiger charge is -2.19. The van der Waals surface area contributed by atoms with E-state index in [1.807, 2.05) is 68.4 Å². The number of carbonyl (C=O) groups is 2. The molecule has 32 heavy (non-hydrogen) atoms. The van der Waals surface area contributed by atoms with Crippen LogP contribution in [0.1, 0.15) is 42.4 Å². The molecule has 3 aromatic rings. The minimum atomic E-state index is -0.0627.